The summed E-state index contributed by atoms with van der Waals surface area (Å²) in [6.45, 7) is 2.11. The fraction of sp³-hybridized carbons (Fsp3) is 0.286. The van der Waals surface area contributed by atoms with Crippen LogP contribution in [-0.2, 0) is 9.59 Å². The van der Waals surface area contributed by atoms with Crippen molar-refractivity contribution in [3.8, 4) is 11.5 Å². The Morgan fingerprint density at radius 1 is 1.15 bits per heavy atom. The quantitative estimate of drug-likeness (QED) is 0.445. The van der Waals surface area contributed by atoms with Gasteiger partial charge in [-0.1, -0.05) is 12.1 Å². The van der Waals surface area contributed by atoms with E-state index in [1.807, 2.05) is 0 Å². The van der Waals surface area contributed by atoms with E-state index in [1.165, 1.54) is 42.6 Å². The van der Waals surface area contributed by atoms with E-state index in [-0.39, 0.29) is 24.4 Å². The summed E-state index contributed by atoms with van der Waals surface area (Å²) in [7, 11) is 2.92. The van der Waals surface area contributed by atoms with E-state index in [0.29, 0.717) is 29.2 Å². The Morgan fingerprint density at radius 2 is 1.87 bits per heavy atom. The highest BCUT2D eigenvalue weighted by molar-refractivity contribution is 7.09. The summed E-state index contributed by atoms with van der Waals surface area (Å²) in [6, 6.07) is 8.40. The summed E-state index contributed by atoms with van der Waals surface area (Å²) in [5.74, 6) is -4.26. The maximum atomic E-state index is 14.4. The number of amides is 2. The first-order chi connectivity index (χ1) is 18.7. The molecule has 5 rings (SSSR count). The number of hydrogen-bond acceptors (Lipinski definition) is 7. The molecule has 1 N–H and O–H groups in total. The monoisotopic (exact) mass is 553 g/mol. The molecule has 1 saturated heterocycles. The van der Waals surface area contributed by atoms with Gasteiger partial charge in [-0.05, 0) is 37.1 Å². The van der Waals surface area contributed by atoms with Crippen molar-refractivity contribution >= 4 is 28.9 Å². The van der Waals surface area contributed by atoms with Crippen molar-refractivity contribution in [3.63, 3.8) is 0 Å². The number of ether oxygens (including phenoxy) is 2. The van der Waals surface area contributed by atoms with E-state index in [9.17, 15) is 23.5 Å². The summed E-state index contributed by atoms with van der Waals surface area (Å²) in [5, 5.41) is 14.1. The standard InChI is InChI=1S/C28H25F2N3O5S/c1-14-31-19(13-39-14)25-23(22-20(37-2)5-4-6-21(22)38-3)26(34)24(27(35)32-25)28(36)33-10-9-15(12-33)17-8-7-16(29)11-18(17)30/h4-8,11,13,15,23,34H,9-10,12H2,1-3H3. The zero-order chi connectivity index (χ0) is 27.8. The minimum absolute atomic E-state index is 0.0932. The van der Waals surface area contributed by atoms with E-state index in [1.54, 1.807) is 30.5 Å². The largest absolute Gasteiger partial charge is 0.510 e. The smallest absolute Gasteiger partial charge is 0.286 e. The minimum atomic E-state index is -1.08. The molecule has 2 aromatic carbocycles. The number of likely N-dealkylation sites (tertiary alicyclic amines) is 1. The summed E-state index contributed by atoms with van der Waals surface area (Å²) >= 11 is 1.35. The fourth-order valence-corrected chi connectivity index (χ4v) is 5.73. The number of aryl methyl sites for hydroxylation is 1. The van der Waals surface area contributed by atoms with E-state index < -0.39 is 46.6 Å². The second kappa shape index (κ2) is 10.6. The number of thiazole rings is 1. The average molecular weight is 554 g/mol. The number of nitrogens with zero attached hydrogens (tertiary/aromatic N) is 3. The van der Waals surface area contributed by atoms with Gasteiger partial charge in [-0.2, -0.15) is 0 Å². The Hall–Kier alpha value is -4.12. The molecule has 202 valence electrons. The van der Waals surface area contributed by atoms with Crippen molar-refractivity contribution in [1.82, 2.24) is 9.88 Å². The molecule has 0 bridgehead atoms. The molecule has 11 heteroatoms. The van der Waals surface area contributed by atoms with Crippen molar-refractivity contribution < 1.29 is 33.0 Å². The van der Waals surface area contributed by atoms with Gasteiger partial charge >= 0.3 is 0 Å². The number of dihydropyridines is 1. The maximum Gasteiger partial charge on any atom is 0.286 e. The highest BCUT2D eigenvalue weighted by Crippen LogP contribution is 2.43. The Balaban J connectivity index is 1.56. The zero-order valence-electron chi connectivity index (χ0n) is 21.4. The lowest BCUT2D eigenvalue weighted by Crippen LogP contribution is -2.37. The third kappa shape index (κ3) is 4.78. The number of carbonyl (C=O) groups excluding carboxylic acids is 2. The molecule has 2 atom stereocenters. The van der Waals surface area contributed by atoms with Crippen LogP contribution >= 0.6 is 11.3 Å². The van der Waals surface area contributed by atoms with Gasteiger partial charge in [-0.3, -0.25) is 9.59 Å². The Bertz CT molecular complexity index is 1510. The van der Waals surface area contributed by atoms with Crippen LogP contribution in [0.25, 0.3) is 0 Å². The molecule has 39 heavy (non-hydrogen) atoms. The fourth-order valence-electron chi connectivity index (χ4n) is 5.13. The number of aliphatic hydroxyl groups excluding tert-OH is 1. The van der Waals surface area contributed by atoms with E-state index in [0.717, 1.165) is 11.1 Å². The van der Waals surface area contributed by atoms with E-state index >= 15 is 0 Å². The first-order valence-electron chi connectivity index (χ1n) is 12.2. The number of allylic oxidation sites excluding steroid dienone is 1. The summed E-state index contributed by atoms with van der Waals surface area (Å²) in [5.41, 5.74) is 0.734. The zero-order valence-corrected chi connectivity index (χ0v) is 22.2. The van der Waals surface area contributed by atoms with Crippen molar-refractivity contribution in [1.29, 1.82) is 0 Å². The van der Waals surface area contributed by atoms with Gasteiger partial charge in [0.1, 0.15) is 34.5 Å². The number of rotatable bonds is 6. The van der Waals surface area contributed by atoms with Gasteiger partial charge in [0, 0.05) is 30.5 Å². The van der Waals surface area contributed by atoms with Crippen LogP contribution in [0.2, 0.25) is 0 Å². The molecule has 2 amide bonds. The van der Waals surface area contributed by atoms with E-state index in [4.69, 9.17) is 9.47 Å². The molecule has 3 aromatic rings. The number of halogens is 2. The highest BCUT2D eigenvalue weighted by Gasteiger charge is 2.43. The third-order valence-corrected chi connectivity index (χ3v) is 7.74. The van der Waals surface area contributed by atoms with Crippen molar-refractivity contribution in [2.45, 2.75) is 25.2 Å². The number of benzene rings is 2. The van der Waals surface area contributed by atoms with Gasteiger partial charge in [0.15, 0.2) is 0 Å². The SMILES string of the molecule is COc1cccc(OC)c1C1C(c2csc(C)n2)=NC(=O)C(C(=O)N2CCC(c3ccc(F)cc3F)C2)=C1O. The Labute approximate surface area is 227 Å². The van der Waals surface area contributed by atoms with Crippen molar-refractivity contribution in [2.24, 2.45) is 4.99 Å². The van der Waals surface area contributed by atoms with Crippen LogP contribution < -0.4 is 9.47 Å². The van der Waals surface area contributed by atoms with Crippen LogP contribution in [0.4, 0.5) is 8.78 Å². The van der Waals surface area contributed by atoms with Crippen molar-refractivity contribution in [2.75, 3.05) is 27.3 Å². The van der Waals surface area contributed by atoms with Crippen LogP contribution in [0, 0.1) is 18.6 Å². The molecule has 1 aromatic heterocycles. The van der Waals surface area contributed by atoms with Crippen LogP contribution in [0.1, 0.15) is 40.1 Å². The predicted molar refractivity (Wildman–Crippen MR) is 141 cm³/mol. The Kier molecular flexibility index (Phi) is 7.17. The van der Waals surface area contributed by atoms with Gasteiger partial charge in [0.2, 0.25) is 0 Å². The van der Waals surface area contributed by atoms with Gasteiger partial charge in [0.05, 0.1) is 42.1 Å². The van der Waals surface area contributed by atoms with E-state index in [2.05, 4.69) is 9.98 Å². The third-order valence-electron chi connectivity index (χ3n) is 6.97. The highest BCUT2D eigenvalue weighted by atomic mass is 32.1. The molecule has 2 aliphatic heterocycles. The number of aliphatic imine (C=N–C) groups is 1. The summed E-state index contributed by atoms with van der Waals surface area (Å²) in [4.78, 5) is 37.0. The van der Waals surface area contributed by atoms with Crippen LogP contribution in [0.3, 0.4) is 0 Å². The second-order valence-electron chi connectivity index (χ2n) is 9.23. The van der Waals surface area contributed by atoms with Crippen LogP contribution in [0.15, 0.2) is 58.1 Å². The van der Waals surface area contributed by atoms with Gasteiger partial charge in [0.25, 0.3) is 11.8 Å². The number of carbonyl (C=O) groups is 2. The molecule has 2 aliphatic rings. The molecular formula is C28H25F2N3O5S. The maximum absolute atomic E-state index is 14.4. The second-order valence-corrected chi connectivity index (χ2v) is 10.3. The van der Waals surface area contributed by atoms with Gasteiger partial charge < -0.3 is 19.5 Å². The van der Waals surface area contributed by atoms with Crippen LogP contribution in [-0.4, -0.2) is 59.8 Å². The lowest BCUT2D eigenvalue weighted by molar-refractivity contribution is -0.129. The lowest BCUT2D eigenvalue weighted by atomic mass is 9.84. The first kappa shape index (κ1) is 26.5. The molecule has 0 saturated carbocycles. The summed E-state index contributed by atoms with van der Waals surface area (Å²) in [6.07, 6.45) is 0.410. The Morgan fingerprint density at radius 3 is 2.49 bits per heavy atom. The summed E-state index contributed by atoms with van der Waals surface area (Å²) < 4.78 is 38.9. The molecular weight excluding hydrogens is 528 g/mol. The topological polar surface area (TPSA) is 101 Å². The molecule has 2 unspecified atom stereocenters. The normalized spacial score (nSPS) is 19.4. The number of aliphatic hydroxyl groups is 1. The molecule has 0 radical (unpaired) electrons. The first-order valence-corrected chi connectivity index (χ1v) is 13.0. The average Bonchev–Trinajstić information content (AvgIpc) is 3.57. The molecule has 3 heterocycles. The number of aromatic nitrogens is 1. The lowest BCUT2D eigenvalue weighted by Gasteiger charge is -2.28. The predicted octanol–water partition coefficient (Wildman–Crippen LogP) is 4.69. The van der Waals surface area contributed by atoms with Gasteiger partial charge in [-0.15, -0.1) is 11.3 Å². The number of methoxy groups -OCH3 is 2. The molecule has 0 spiro atoms. The van der Waals surface area contributed by atoms with Gasteiger partial charge in [-0.25, -0.2) is 18.8 Å². The minimum Gasteiger partial charge on any atom is -0.510 e. The molecule has 8 nitrogen and oxygen atoms in total. The van der Waals surface area contributed by atoms with Crippen molar-refractivity contribution in [3.05, 3.63) is 86.6 Å². The molecule has 0 aliphatic carbocycles. The number of hydrogen-bond donors (Lipinski definition) is 1. The van der Waals surface area contributed by atoms with Crippen LogP contribution in [0.5, 0.6) is 11.5 Å². The molecule has 1 fully saturated rings.